The Labute approximate surface area is 312 Å². The van der Waals surface area contributed by atoms with E-state index < -0.39 is 28.4 Å². The molecular weight excluding hydrogens is 697 g/mol. The molecule has 2 N–H and O–H groups in total. The zero-order chi connectivity index (χ0) is 35.8. The maximum absolute atomic E-state index is 13.6. The van der Waals surface area contributed by atoms with Crippen LogP contribution in [0.5, 0.6) is 0 Å². The molecule has 1 aromatic heterocycles. The molecule has 4 aromatic rings. The highest BCUT2D eigenvalue weighted by Crippen LogP contribution is 2.48. The number of amides is 2. The van der Waals surface area contributed by atoms with Gasteiger partial charge in [0.2, 0.25) is 11.8 Å². The average Bonchev–Trinajstić information content (AvgIpc) is 3.79. The van der Waals surface area contributed by atoms with Crippen LogP contribution in [0.25, 0.3) is 0 Å². The van der Waals surface area contributed by atoms with Gasteiger partial charge in [-0.05, 0) is 47.8 Å². The number of thiazole rings is 1. The molecule has 0 saturated carbocycles. The van der Waals surface area contributed by atoms with Gasteiger partial charge in [-0.25, -0.2) is 9.78 Å². The number of fused-ring (bicyclic) bond motifs is 4. The van der Waals surface area contributed by atoms with Crippen molar-refractivity contribution < 1.29 is 19.1 Å². The summed E-state index contributed by atoms with van der Waals surface area (Å²) in [7, 11) is 0. The Morgan fingerprint density at radius 1 is 0.961 bits per heavy atom. The van der Waals surface area contributed by atoms with Gasteiger partial charge < -0.3 is 15.4 Å². The first-order chi connectivity index (χ1) is 24.7. The zero-order valence-corrected chi connectivity index (χ0v) is 31.4. The number of esters is 1. The third-order valence-electron chi connectivity index (χ3n) is 8.89. The highest BCUT2D eigenvalue weighted by Gasteiger charge is 2.42. The lowest BCUT2D eigenvalue weighted by atomic mass is 9.84. The molecule has 4 bridgehead atoms. The van der Waals surface area contributed by atoms with Crippen LogP contribution >= 0.6 is 34.9 Å². The van der Waals surface area contributed by atoms with Crippen molar-refractivity contribution in [2.45, 2.75) is 62.6 Å². The number of hydrogen-bond acceptors (Lipinski definition) is 9. The van der Waals surface area contributed by atoms with Gasteiger partial charge >= 0.3 is 5.97 Å². The second kappa shape index (κ2) is 16.4. The molecule has 51 heavy (non-hydrogen) atoms. The second-order valence-electron chi connectivity index (χ2n) is 13.1. The highest BCUT2D eigenvalue weighted by atomic mass is 32.2. The predicted molar refractivity (Wildman–Crippen MR) is 208 cm³/mol. The summed E-state index contributed by atoms with van der Waals surface area (Å²) in [6.45, 7) is 5.73. The molecule has 6 rings (SSSR count). The number of thioether (sulfide) groups is 2. The Kier molecular flexibility index (Phi) is 11.8. The van der Waals surface area contributed by atoms with Crippen LogP contribution in [0, 0.1) is 5.92 Å². The fourth-order valence-electron chi connectivity index (χ4n) is 6.13. The van der Waals surface area contributed by atoms with Crippen molar-refractivity contribution in [1.29, 1.82) is 0 Å². The molecule has 264 valence electrons. The van der Waals surface area contributed by atoms with E-state index in [1.807, 2.05) is 55.3 Å². The number of aromatic nitrogens is 1. The lowest BCUT2D eigenvalue weighted by Gasteiger charge is -2.35. The van der Waals surface area contributed by atoms with Crippen LogP contribution in [0.1, 0.15) is 61.0 Å². The lowest BCUT2D eigenvalue weighted by Crippen LogP contribution is -2.53. The monoisotopic (exact) mass is 738 g/mol. The zero-order valence-electron chi connectivity index (χ0n) is 28.9. The van der Waals surface area contributed by atoms with Crippen molar-refractivity contribution in [2.24, 2.45) is 10.9 Å². The number of cyclic esters (lactones) is 1. The number of nitrogens with one attached hydrogen (secondary N) is 2. The molecule has 3 atom stereocenters. The molecule has 0 radical (unpaired) electrons. The summed E-state index contributed by atoms with van der Waals surface area (Å²) < 4.78 is 5.52. The van der Waals surface area contributed by atoms with Crippen molar-refractivity contribution in [1.82, 2.24) is 15.6 Å². The summed E-state index contributed by atoms with van der Waals surface area (Å²) in [5, 5.41) is 9.14. The number of carbonyl (C=O) groups is 3. The first-order valence-corrected chi connectivity index (χ1v) is 20.0. The van der Waals surface area contributed by atoms with Gasteiger partial charge in [-0.1, -0.05) is 111 Å². The van der Waals surface area contributed by atoms with Gasteiger partial charge in [0, 0.05) is 11.1 Å². The van der Waals surface area contributed by atoms with Gasteiger partial charge in [0.15, 0.2) is 0 Å². The number of allylic oxidation sites excluding steroid dienone is 1. The number of hydrogen-bond donors (Lipinski definition) is 2. The van der Waals surface area contributed by atoms with Crippen LogP contribution in [-0.4, -0.2) is 57.0 Å². The number of benzene rings is 3. The van der Waals surface area contributed by atoms with Crippen LogP contribution in [0.3, 0.4) is 0 Å². The molecule has 0 aliphatic carbocycles. The number of aliphatic imine (C=N–C) groups is 1. The SMILES string of the molecule is CC(C)[C@@H]1NC(=O)[C@]2(C)CSC(=N2)c2csc(n2)CNC(=O)CC(C=CCCSC(c2ccccc2)(c2ccccc2)c2ccccc2)OC1=O. The van der Waals surface area contributed by atoms with E-state index in [1.54, 1.807) is 13.0 Å². The summed E-state index contributed by atoms with van der Waals surface area (Å²) in [4.78, 5) is 49.7. The molecular formula is C40H42N4O4S3. The summed E-state index contributed by atoms with van der Waals surface area (Å²) in [5.41, 5.74) is 3.18. The van der Waals surface area contributed by atoms with Gasteiger partial charge in [0.1, 0.15) is 33.4 Å². The first-order valence-electron chi connectivity index (χ1n) is 17.1. The molecule has 2 amide bonds. The van der Waals surface area contributed by atoms with Crippen molar-refractivity contribution >= 4 is 57.7 Å². The second-order valence-corrected chi connectivity index (χ2v) is 16.3. The lowest BCUT2D eigenvalue weighted by molar-refractivity contribution is -0.153. The summed E-state index contributed by atoms with van der Waals surface area (Å²) in [6.07, 6.45) is 3.55. The first kappa shape index (κ1) is 36.6. The fraction of sp³-hybridized carbons (Fsp3) is 0.325. The van der Waals surface area contributed by atoms with Gasteiger partial charge in [0.05, 0.1) is 17.7 Å². The Morgan fingerprint density at radius 2 is 1.57 bits per heavy atom. The summed E-state index contributed by atoms with van der Waals surface area (Å²) in [6, 6.07) is 30.7. The Balaban J connectivity index is 1.23. The molecule has 0 fully saturated rings. The maximum atomic E-state index is 13.6. The quantitative estimate of drug-likeness (QED) is 0.0814. The van der Waals surface area contributed by atoms with Crippen molar-refractivity contribution in [3.8, 4) is 0 Å². The normalized spacial score (nSPS) is 21.6. The molecule has 2 aliphatic rings. The van der Waals surface area contributed by atoms with E-state index in [0.29, 0.717) is 22.9 Å². The fourth-order valence-corrected chi connectivity index (χ4v) is 9.52. The van der Waals surface area contributed by atoms with Crippen LogP contribution in [0.15, 0.2) is 114 Å². The molecule has 0 spiro atoms. The van der Waals surface area contributed by atoms with Crippen LogP contribution in [0.4, 0.5) is 0 Å². The topological polar surface area (TPSA) is 110 Å². The maximum Gasteiger partial charge on any atom is 0.329 e. The molecule has 8 nitrogen and oxygen atoms in total. The molecule has 0 saturated heterocycles. The highest BCUT2D eigenvalue weighted by molar-refractivity contribution is 8.14. The largest absolute Gasteiger partial charge is 0.456 e. The van der Waals surface area contributed by atoms with Crippen LogP contribution in [-0.2, 0) is 30.4 Å². The number of rotatable bonds is 9. The van der Waals surface area contributed by atoms with E-state index in [4.69, 9.17) is 9.73 Å². The van der Waals surface area contributed by atoms with Crippen LogP contribution < -0.4 is 10.6 Å². The Hall–Kier alpha value is -4.19. The van der Waals surface area contributed by atoms with Gasteiger partial charge in [0.25, 0.3) is 0 Å². The minimum absolute atomic E-state index is 0.0609. The molecule has 1 unspecified atom stereocenters. The van der Waals surface area contributed by atoms with Crippen molar-refractivity contribution in [3.05, 3.63) is 136 Å². The number of nitrogens with zero attached hydrogens (tertiary/aromatic N) is 2. The van der Waals surface area contributed by atoms with E-state index in [-0.39, 0.29) is 30.7 Å². The van der Waals surface area contributed by atoms with E-state index >= 15 is 0 Å². The van der Waals surface area contributed by atoms with Gasteiger partial charge in [-0.2, -0.15) is 0 Å². The number of carbonyl (C=O) groups excluding carboxylic acids is 3. The minimum Gasteiger partial charge on any atom is -0.456 e. The van der Waals surface area contributed by atoms with Crippen molar-refractivity contribution in [2.75, 3.05) is 11.5 Å². The predicted octanol–water partition coefficient (Wildman–Crippen LogP) is 7.14. The standard InChI is InChI=1S/C40H42N4O4S3/c1-27(2)35-37(46)48-31(23-33(45)41-24-34-42-32(25-49-34)36-44-39(3,26-50-36)38(47)43-35)21-13-14-22-51-40(28-15-7-4-8-16-28,29-17-9-5-10-18-29)30-19-11-6-12-20-30/h4-13,15-21,25,27,31,35H,14,22-24,26H2,1-3H3,(H,41,45)(H,43,47)/t31?,35-,39-/m0/s1. The van der Waals surface area contributed by atoms with Gasteiger partial charge in [-0.3, -0.25) is 14.6 Å². The van der Waals surface area contributed by atoms with E-state index in [2.05, 4.69) is 88.4 Å². The summed E-state index contributed by atoms with van der Waals surface area (Å²) >= 11 is 4.73. The third kappa shape index (κ3) is 8.48. The Morgan fingerprint density at radius 3 is 2.16 bits per heavy atom. The van der Waals surface area contributed by atoms with E-state index in [0.717, 1.165) is 10.8 Å². The van der Waals surface area contributed by atoms with Crippen LogP contribution in [0.2, 0.25) is 0 Å². The molecule has 2 aliphatic heterocycles. The molecule has 3 aromatic carbocycles. The van der Waals surface area contributed by atoms with Gasteiger partial charge in [-0.15, -0.1) is 34.9 Å². The third-order valence-corrected chi connectivity index (χ3v) is 12.6. The van der Waals surface area contributed by atoms with E-state index in [9.17, 15) is 14.4 Å². The van der Waals surface area contributed by atoms with E-state index in [1.165, 1.54) is 39.8 Å². The molecule has 11 heteroatoms. The van der Waals surface area contributed by atoms with Crippen molar-refractivity contribution in [3.63, 3.8) is 0 Å². The average molecular weight is 739 g/mol. The summed E-state index contributed by atoms with van der Waals surface area (Å²) in [5.74, 6) is -0.264. The minimum atomic E-state index is -1.05. The molecule has 3 heterocycles. The Bertz CT molecular complexity index is 1780. The number of ether oxygens (including phenoxy) is 1. The smallest absolute Gasteiger partial charge is 0.329 e.